The second-order valence-electron chi connectivity index (χ2n) is 7.94. The van der Waals surface area contributed by atoms with Gasteiger partial charge in [0.05, 0.1) is 0 Å². The summed E-state index contributed by atoms with van der Waals surface area (Å²) in [7, 11) is 0. The lowest BCUT2D eigenvalue weighted by atomic mass is 9.53. The average molecular weight is 270 g/mol. The molecular formula is C19H26O. The summed E-state index contributed by atoms with van der Waals surface area (Å²) in [6.07, 6.45) is 8.29. The Kier molecular flexibility index (Phi) is 2.71. The monoisotopic (exact) mass is 270 g/mol. The standard InChI is InChI=1S/C19H26O/c1-12-10-13-11-14(20)5-6-15(13)16-7-9-19(2)8-3-4-17(19)18(12)16/h5-6,11-12,16-18,20H,3-4,7-10H2,1-2H3/t12-,16-,17+,18-,19+/m1/s1. The van der Waals surface area contributed by atoms with Crippen LogP contribution in [0.4, 0.5) is 0 Å². The van der Waals surface area contributed by atoms with Gasteiger partial charge in [0.25, 0.3) is 0 Å². The molecular weight excluding hydrogens is 244 g/mol. The van der Waals surface area contributed by atoms with Gasteiger partial charge in [0.15, 0.2) is 0 Å². The average Bonchev–Trinajstić information content (AvgIpc) is 2.79. The molecule has 0 aliphatic heterocycles. The van der Waals surface area contributed by atoms with Crippen LogP contribution in [0, 0.1) is 23.2 Å². The predicted octanol–water partition coefficient (Wildman–Crippen LogP) is 4.88. The van der Waals surface area contributed by atoms with Gasteiger partial charge in [0.1, 0.15) is 5.75 Å². The fraction of sp³-hybridized carbons (Fsp3) is 0.684. The molecule has 108 valence electrons. The number of phenols is 1. The van der Waals surface area contributed by atoms with Crippen LogP contribution >= 0.6 is 0 Å². The van der Waals surface area contributed by atoms with Gasteiger partial charge >= 0.3 is 0 Å². The third kappa shape index (κ3) is 1.68. The Bertz CT molecular complexity index is 535. The van der Waals surface area contributed by atoms with E-state index in [9.17, 15) is 5.11 Å². The van der Waals surface area contributed by atoms with Crippen molar-refractivity contribution in [1.29, 1.82) is 0 Å². The maximum absolute atomic E-state index is 9.76. The maximum Gasteiger partial charge on any atom is 0.115 e. The van der Waals surface area contributed by atoms with Crippen LogP contribution in [0.1, 0.15) is 63.0 Å². The lowest BCUT2D eigenvalue weighted by Crippen LogP contribution is -2.43. The van der Waals surface area contributed by atoms with E-state index in [4.69, 9.17) is 0 Å². The number of benzene rings is 1. The minimum Gasteiger partial charge on any atom is -0.508 e. The third-order valence-corrected chi connectivity index (χ3v) is 6.84. The van der Waals surface area contributed by atoms with Gasteiger partial charge in [0.2, 0.25) is 0 Å². The molecule has 0 aromatic heterocycles. The van der Waals surface area contributed by atoms with Gasteiger partial charge in [-0.1, -0.05) is 26.3 Å². The second kappa shape index (κ2) is 4.26. The summed E-state index contributed by atoms with van der Waals surface area (Å²) in [6.45, 7) is 5.01. The minimum atomic E-state index is 0.441. The summed E-state index contributed by atoms with van der Waals surface area (Å²) in [5.74, 6) is 3.80. The van der Waals surface area contributed by atoms with E-state index in [1.807, 2.05) is 12.1 Å². The topological polar surface area (TPSA) is 20.2 Å². The van der Waals surface area contributed by atoms with Crippen molar-refractivity contribution in [3.05, 3.63) is 29.3 Å². The van der Waals surface area contributed by atoms with Crippen molar-refractivity contribution in [2.45, 2.75) is 58.3 Å². The van der Waals surface area contributed by atoms with E-state index in [2.05, 4.69) is 19.9 Å². The highest BCUT2D eigenvalue weighted by atomic mass is 16.3. The fourth-order valence-corrected chi connectivity index (χ4v) is 5.95. The molecule has 0 saturated heterocycles. The number of phenolic OH excluding ortho intramolecular Hbond substituents is 1. The predicted molar refractivity (Wildman–Crippen MR) is 81.9 cm³/mol. The van der Waals surface area contributed by atoms with Crippen molar-refractivity contribution in [2.24, 2.45) is 23.2 Å². The summed E-state index contributed by atoms with van der Waals surface area (Å²) >= 11 is 0. The lowest BCUT2D eigenvalue weighted by Gasteiger charge is -2.51. The highest BCUT2D eigenvalue weighted by Gasteiger charge is 2.52. The van der Waals surface area contributed by atoms with Gasteiger partial charge in [-0.15, -0.1) is 0 Å². The van der Waals surface area contributed by atoms with Gasteiger partial charge in [-0.2, -0.15) is 0 Å². The van der Waals surface area contributed by atoms with Gasteiger partial charge in [0, 0.05) is 0 Å². The van der Waals surface area contributed by atoms with Crippen molar-refractivity contribution in [3.8, 4) is 5.75 Å². The highest BCUT2D eigenvalue weighted by Crippen LogP contribution is 2.62. The van der Waals surface area contributed by atoms with Gasteiger partial charge in [-0.05, 0) is 84.5 Å². The molecule has 3 aliphatic carbocycles. The molecule has 0 spiro atoms. The first-order valence-electron chi connectivity index (χ1n) is 8.40. The van der Waals surface area contributed by atoms with Crippen LogP contribution in [0.3, 0.4) is 0 Å². The van der Waals surface area contributed by atoms with Crippen molar-refractivity contribution in [2.75, 3.05) is 0 Å². The summed E-state index contributed by atoms with van der Waals surface area (Å²) < 4.78 is 0. The Hall–Kier alpha value is -0.980. The van der Waals surface area contributed by atoms with Crippen LogP contribution in [0.5, 0.6) is 5.75 Å². The molecule has 20 heavy (non-hydrogen) atoms. The number of rotatable bonds is 0. The Morgan fingerprint density at radius 2 is 2.05 bits per heavy atom. The molecule has 0 radical (unpaired) electrons. The van der Waals surface area contributed by atoms with Crippen molar-refractivity contribution in [3.63, 3.8) is 0 Å². The molecule has 0 heterocycles. The molecule has 1 aromatic rings. The van der Waals surface area contributed by atoms with E-state index in [-0.39, 0.29) is 0 Å². The van der Waals surface area contributed by atoms with Gasteiger partial charge < -0.3 is 5.11 Å². The molecule has 0 amide bonds. The number of hydrogen-bond acceptors (Lipinski definition) is 1. The van der Waals surface area contributed by atoms with Crippen LogP contribution in [0.15, 0.2) is 18.2 Å². The quantitative estimate of drug-likeness (QED) is 0.712. The summed E-state index contributed by atoms with van der Waals surface area (Å²) in [5, 5.41) is 9.76. The normalized spacial score (nSPS) is 42.7. The zero-order chi connectivity index (χ0) is 13.9. The first kappa shape index (κ1) is 12.7. The summed E-state index contributed by atoms with van der Waals surface area (Å²) in [5.41, 5.74) is 3.60. The van der Waals surface area contributed by atoms with Crippen molar-refractivity contribution < 1.29 is 5.11 Å². The van der Waals surface area contributed by atoms with E-state index >= 15 is 0 Å². The molecule has 4 rings (SSSR count). The Balaban J connectivity index is 1.77. The molecule has 1 aromatic carbocycles. The second-order valence-corrected chi connectivity index (χ2v) is 7.94. The lowest BCUT2D eigenvalue weighted by molar-refractivity contribution is 0.0314. The molecule has 0 bridgehead atoms. The molecule has 0 unspecified atom stereocenters. The highest BCUT2D eigenvalue weighted by molar-refractivity contribution is 5.40. The molecule has 5 atom stereocenters. The van der Waals surface area contributed by atoms with Gasteiger partial charge in [-0.25, -0.2) is 0 Å². The van der Waals surface area contributed by atoms with Crippen LogP contribution in [-0.2, 0) is 6.42 Å². The Morgan fingerprint density at radius 3 is 2.90 bits per heavy atom. The van der Waals surface area contributed by atoms with E-state index in [0.717, 1.165) is 30.1 Å². The Labute approximate surface area is 122 Å². The maximum atomic E-state index is 9.76. The summed E-state index contributed by atoms with van der Waals surface area (Å²) in [4.78, 5) is 0. The molecule has 3 aliphatic rings. The van der Waals surface area contributed by atoms with E-state index in [1.54, 1.807) is 5.56 Å². The van der Waals surface area contributed by atoms with Crippen molar-refractivity contribution >= 4 is 0 Å². The zero-order valence-corrected chi connectivity index (χ0v) is 12.7. The molecule has 1 heteroatoms. The number of hydrogen-bond donors (Lipinski definition) is 1. The van der Waals surface area contributed by atoms with Crippen LogP contribution in [0.2, 0.25) is 0 Å². The van der Waals surface area contributed by atoms with E-state index in [0.29, 0.717) is 11.2 Å². The minimum absolute atomic E-state index is 0.441. The Morgan fingerprint density at radius 1 is 1.20 bits per heavy atom. The largest absolute Gasteiger partial charge is 0.508 e. The van der Waals surface area contributed by atoms with E-state index in [1.165, 1.54) is 37.7 Å². The van der Waals surface area contributed by atoms with Crippen LogP contribution in [0.25, 0.3) is 0 Å². The SMILES string of the molecule is C[C@@H]1Cc2cc(O)ccc2[C@H]2CC[C@]3(C)CCC[C@H]3[C@H]12. The number of fused-ring (bicyclic) bond motifs is 5. The van der Waals surface area contributed by atoms with Crippen molar-refractivity contribution in [1.82, 2.24) is 0 Å². The zero-order valence-electron chi connectivity index (χ0n) is 12.7. The van der Waals surface area contributed by atoms with Crippen LogP contribution < -0.4 is 0 Å². The first-order chi connectivity index (χ1) is 9.58. The first-order valence-corrected chi connectivity index (χ1v) is 8.40. The molecule has 2 fully saturated rings. The van der Waals surface area contributed by atoms with E-state index < -0.39 is 0 Å². The molecule has 1 nitrogen and oxygen atoms in total. The van der Waals surface area contributed by atoms with Crippen LogP contribution in [-0.4, -0.2) is 5.11 Å². The van der Waals surface area contributed by atoms with Gasteiger partial charge in [-0.3, -0.25) is 0 Å². The third-order valence-electron chi connectivity index (χ3n) is 6.84. The molecule has 2 saturated carbocycles. The fourth-order valence-electron chi connectivity index (χ4n) is 5.95. The summed E-state index contributed by atoms with van der Waals surface area (Å²) in [6, 6.07) is 6.13. The smallest absolute Gasteiger partial charge is 0.115 e. The number of aromatic hydroxyl groups is 1. The molecule has 1 N–H and O–H groups in total.